The molecule has 2 rings (SSSR count). The fraction of sp³-hybridized carbons (Fsp3) is 0.467. The summed E-state index contributed by atoms with van der Waals surface area (Å²) < 4.78 is 5.23. The number of hydrogen-bond donors (Lipinski definition) is 1. The number of benzene rings is 1. The predicted molar refractivity (Wildman–Crippen MR) is 72.9 cm³/mol. The Bertz CT molecular complexity index is 525. The number of anilines is 1. The van der Waals surface area contributed by atoms with Gasteiger partial charge in [-0.1, -0.05) is 18.9 Å². The molecule has 1 aliphatic carbocycles. The van der Waals surface area contributed by atoms with Crippen molar-refractivity contribution in [2.75, 3.05) is 12.4 Å². The third kappa shape index (κ3) is 2.55. The largest absolute Gasteiger partial charge is 0.495 e. The highest BCUT2D eigenvalue weighted by molar-refractivity contribution is 5.98. The number of carbonyl (C=O) groups excluding carboxylic acids is 1. The summed E-state index contributed by atoms with van der Waals surface area (Å²) in [6.45, 7) is 1.95. The number of nitriles is 1. The second-order valence-corrected chi connectivity index (χ2v) is 5.06. The lowest BCUT2D eigenvalue weighted by atomic mass is 9.87. The van der Waals surface area contributed by atoms with E-state index in [0.717, 1.165) is 18.4 Å². The van der Waals surface area contributed by atoms with E-state index in [0.29, 0.717) is 24.3 Å². The van der Waals surface area contributed by atoms with Crippen molar-refractivity contribution in [2.45, 2.75) is 32.6 Å². The van der Waals surface area contributed by atoms with Crippen molar-refractivity contribution in [1.29, 1.82) is 5.26 Å². The van der Waals surface area contributed by atoms with Crippen LogP contribution in [0.25, 0.3) is 0 Å². The molecule has 0 aliphatic heterocycles. The Labute approximate surface area is 113 Å². The van der Waals surface area contributed by atoms with Crippen LogP contribution in [0.5, 0.6) is 5.75 Å². The van der Waals surface area contributed by atoms with Crippen LogP contribution in [0.2, 0.25) is 0 Å². The lowest BCUT2D eigenvalue weighted by Crippen LogP contribution is -2.32. The molecule has 1 aromatic rings. The van der Waals surface area contributed by atoms with Crippen molar-refractivity contribution < 1.29 is 9.53 Å². The van der Waals surface area contributed by atoms with Gasteiger partial charge in [0.1, 0.15) is 11.2 Å². The van der Waals surface area contributed by atoms with Gasteiger partial charge in [-0.3, -0.25) is 4.79 Å². The van der Waals surface area contributed by atoms with Crippen LogP contribution in [0.4, 0.5) is 5.69 Å². The average molecular weight is 258 g/mol. The van der Waals surface area contributed by atoms with Crippen molar-refractivity contribution in [3.05, 3.63) is 23.8 Å². The van der Waals surface area contributed by atoms with Crippen LogP contribution in [0.15, 0.2) is 18.2 Å². The molecule has 0 saturated heterocycles. The number of rotatable bonds is 3. The van der Waals surface area contributed by atoms with Gasteiger partial charge in [-0.2, -0.15) is 5.26 Å². The first kappa shape index (κ1) is 13.4. The summed E-state index contributed by atoms with van der Waals surface area (Å²) in [4.78, 5) is 12.4. The van der Waals surface area contributed by atoms with Gasteiger partial charge in [0.05, 0.1) is 18.9 Å². The second kappa shape index (κ2) is 5.31. The quantitative estimate of drug-likeness (QED) is 0.906. The third-order valence-electron chi connectivity index (χ3n) is 3.71. The molecular formula is C15H18N2O2. The maximum absolute atomic E-state index is 12.4. The molecule has 0 aromatic heterocycles. The van der Waals surface area contributed by atoms with E-state index in [1.165, 1.54) is 0 Å². The fourth-order valence-corrected chi connectivity index (χ4v) is 2.53. The van der Waals surface area contributed by atoms with Crippen LogP contribution in [-0.4, -0.2) is 13.0 Å². The van der Waals surface area contributed by atoms with Crippen molar-refractivity contribution in [2.24, 2.45) is 5.41 Å². The molecule has 100 valence electrons. The van der Waals surface area contributed by atoms with Gasteiger partial charge in [0.25, 0.3) is 0 Å². The summed E-state index contributed by atoms with van der Waals surface area (Å²) in [5.74, 6) is 0.404. The molecule has 0 radical (unpaired) electrons. The maximum Gasteiger partial charge on any atom is 0.244 e. The summed E-state index contributed by atoms with van der Waals surface area (Å²) in [6.07, 6.45) is 3.16. The molecule has 4 heteroatoms. The molecular weight excluding hydrogens is 240 g/mol. The highest BCUT2D eigenvalue weighted by Crippen LogP contribution is 2.39. The molecule has 0 unspecified atom stereocenters. The normalized spacial score (nSPS) is 16.7. The molecule has 1 aliphatic rings. The summed E-state index contributed by atoms with van der Waals surface area (Å²) in [7, 11) is 1.57. The van der Waals surface area contributed by atoms with E-state index in [9.17, 15) is 10.1 Å². The first-order chi connectivity index (χ1) is 9.11. The van der Waals surface area contributed by atoms with Crippen LogP contribution < -0.4 is 10.1 Å². The van der Waals surface area contributed by atoms with Gasteiger partial charge in [0, 0.05) is 0 Å². The molecule has 0 atom stereocenters. The molecule has 0 spiro atoms. The van der Waals surface area contributed by atoms with E-state index < -0.39 is 5.41 Å². The van der Waals surface area contributed by atoms with E-state index in [1.54, 1.807) is 7.11 Å². The molecule has 1 saturated carbocycles. The van der Waals surface area contributed by atoms with Gasteiger partial charge in [0.2, 0.25) is 5.91 Å². The molecule has 4 nitrogen and oxygen atoms in total. The Morgan fingerprint density at radius 2 is 2.11 bits per heavy atom. The number of amides is 1. The fourth-order valence-electron chi connectivity index (χ4n) is 2.53. The molecule has 0 heterocycles. The average Bonchev–Trinajstić information content (AvgIpc) is 2.89. The Kier molecular flexibility index (Phi) is 3.75. The van der Waals surface area contributed by atoms with E-state index in [1.807, 2.05) is 25.1 Å². The van der Waals surface area contributed by atoms with E-state index in [-0.39, 0.29) is 5.91 Å². The number of methoxy groups -OCH3 is 1. The molecule has 1 amide bonds. The van der Waals surface area contributed by atoms with E-state index in [4.69, 9.17) is 4.74 Å². The number of carbonyl (C=O) groups is 1. The van der Waals surface area contributed by atoms with Crippen LogP contribution in [0, 0.1) is 23.7 Å². The van der Waals surface area contributed by atoms with Crippen LogP contribution in [-0.2, 0) is 4.79 Å². The summed E-state index contributed by atoms with van der Waals surface area (Å²) >= 11 is 0. The predicted octanol–water partition coefficient (Wildman–Crippen LogP) is 3.03. The Morgan fingerprint density at radius 3 is 2.68 bits per heavy atom. The highest BCUT2D eigenvalue weighted by atomic mass is 16.5. The Hall–Kier alpha value is -2.02. The lowest BCUT2D eigenvalue weighted by molar-refractivity contribution is -0.122. The highest BCUT2D eigenvalue weighted by Gasteiger charge is 2.41. The third-order valence-corrected chi connectivity index (χ3v) is 3.71. The minimum atomic E-state index is -0.866. The number of aryl methyl sites for hydroxylation is 1. The smallest absolute Gasteiger partial charge is 0.244 e. The van der Waals surface area contributed by atoms with Gasteiger partial charge < -0.3 is 10.1 Å². The topological polar surface area (TPSA) is 62.1 Å². The number of nitrogens with zero attached hydrogens (tertiary/aromatic N) is 1. The summed E-state index contributed by atoms with van der Waals surface area (Å²) in [5, 5.41) is 12.2. The van der Waals surface area contributed by atoms with Crippen molar-refractivity contribution in [3.8, 4) is 11.8 Å². The van der Waals surface area contributed by atoms with Crippen LogP contribution in [0.1, 0.15) is 31.2 Å². The molecule has 19 heavy (non-hydrogen) atoms. The maximum atomic E-state index is 12.4. The van der Waals surface area contributed by atoms with Gasteiger partial charge in [-0.15, -0.1) is 0 Å². The molecule has 0 bridgehead atoms. The van der Waals surface area contributed by atoms with Gasteiger partial charge >= 0.3 is 0 Å². The first-order valence-electron chi connectivity index (χ1n) is 6.49. The minimum Gasteiger partial charge on any atom is -0.495 e. The van der Waals surface area contributed by atoms with Gasteiger partial charge in [0.15, 0.2) is 0 Å². The first-order valence-corrected chi connectivity index (χ1v) is 6.49. The summed E-state index contributed by atoms with van der Waals surface area (Å²) in [6, 6.07) is 7.79. The Balaban J connectivity index is 2.24. The van der Waals surface area contributed by atoms with Crippen molar-refractivity contribution in [3.63, 3.8) is 0 Å². The Morgan fingerprint density at radius 1 is 1.42 bits per heavy atom. The standard InChI is InChI=1S/C15H18N2O2/c1-11-5-6-13(19-2)12(9-11)17-14(18)15(10-16)7-3-4-8-15/h5-6,9H,3-4,7-8H2,1-2H3,(H,17,18). The summed E-state index contributed by atoms with van der Waals surface area (Å²) in [5.41, 5.74) is 0.803. The molecule has 1 N–H and O–H groups in total. The SMILES string of the molecule is COc1ccc(C)cc1NC(=O)C1(C#N)CCCC1. The molecule has 1 aromatic carbocycles. The number of hydrogen-bond acceptors (Lipinski definition) is 3. The monoisotopic (exact) mass is 258 g/mol. The zero-order chi connectivity index (χ0) is 13.9. The van der Waals surface area contributed by atoms with Gasteiger partial charge in [-0.25, -0.2) is 0 Å². The number of ether oxygens (including phenoxy) is 1. The van der Waals surface area contributed by atoms with Crippen LogP contribution in [0.3, 0.4) is 0 Å². The minimum absolute atomic E-state index is 0.212. The second-order valence-electron chi connectivity index (χ2n) is 5.06. The van der Waals surface area contributed by atoms with Crippen molar-refractivity contribution in [1.82, 2.24) is 0 Å². The number of nitrogens with one attached hydrogen (secondary N) is 1. The van der Waals surface area contributed by atoms with E-state index in [2.05, 4.69) is 11.4 Å². The molecule has 1 fully saturated rings. The van der Waals surface area contributed by atoms with Crippen LogP contribution >= 0.6 is 0 Å². The lowest BCUT2D eigenvalue weighted by Gasteiger charge is -2.20. The van der Waals surface area contributed by atoms with Crippen molar-refractivity contribution >= 4 is 11.6 Å². The van der Waals surface area contributed by atoms with E-state index >= 15 is 0 Å². The zero-order valence-corrected chi connectivity index (χ0v) is 11.3. The van der Waals surface area contributed by atoms with Gasteiger partial charge in [-0.05, 0) is 37.5 Å². The zero-order valence-electron chi connectivity index (χ0n) is 11.3.